The monoisotopic (exact) mass is 369 g/mol. The smallest absolute Gasteiger partial charge is 0.253 e. The lowest BCUT2D eigenvalue weighted by Crippen LogP contribution is -2.51. The van der Waals surface area contributed by atoms with Crippen molar-refractivity contribution in [2.75, 3.05) is 31.6 Å². The minimum atomic E-state index is -0.131. The van der Waals surface area contributed by atoms with Crippen LogP contribution in [0.1, 0.15) is 47.9 Å². The highest BCUT2D eigenvalue weighted by Crippen LogP contribution is 2.30. The predicted molar refractivity (Wildman–Crippen MR) is 98.5 cm³/mol. The molecule has 0 bridgehead atoms. The van der Waals surface area contributed by atoms with Gasteiger partial charge in [-0.1, -0.05) is 0 Å². The number of likely N-dealkylation sites (tertiary alicyclic amines) is 1. The number of ether oxygens (including phenoxy) is 1. The fraction of sp³-hybridized carbons (Fsp3) is 0.474. The van der Waals surface area contributed by atoms with E-state index < -0.39 is 0 Å². The van der Waals surface area contributed by atoms with Gasteiger partial charge in [-0.2, -0.15) is 0 Å². The molecular formula is C19H23N5O3. The van der Waals surface area contributed by atoms with E-state index in [4.69, 9.17) is 4.74 Å². The zero-order valence-electron chi connectivity index (χ0n) is 15.3. The van der Waals surface area contributed by atoms with Crippen molar-refractivity contribution < 1.29 is 14.3 Å². The van der Waals surface area contributed by atoms with Crippen molar-refractivity contribution in [3.63, 3.8) is 0 Å². The molecule has 0 spiro atoms. The molecule has 2 aliphatic heterocycles. The third-order valence-electron chi connectivity index (χ3n) is 5.18. The lowest BCUT2D eigenvalue weighted by Gasteiger charge is -2.40. The number of benzene rings is 1. The van der Waals surface area contributed by atoms with Gasteiger partial charge in [-0.25, -0.2) is 0 Å². The average Bonchev–Trinajstić information content (AvgIpc) is 3.10. The lowest BCUT2D eigenvalue weighted by molar-refractivity contribution is -0.114. The Balaban J connectivity index is 1.37. The molecule has 2 amide bonds. The zero-order chi connectivity index (χ0) is 18.8. The number of nitrogens with zero attached hydrogens (tertiary/aromatic N) is 4. The van der Waals surface area contributed by atoms with E-state index in [0.29, 0.717) is 30.3 Å². The summed E-state index contributed by atoms with van der Waals surface area (Å²) in [6, 6.07) is 7.20. The second-order valence-corrected chi connectivity index (χ2v) is 7.11. The van der Waals surface area contributed by atoms with E-state index in [1.807, 2.05) is 4.90 Å². The molecule has 0 atom stereocenters. The molecule has 27 heavy (non-hydrogen) atoms. The van der Waals surface area contributed by atoms with Gasteiger partial charge in [0.15, 0.2) is 0 Å². The summed E-state index contributed by atoms with van der Waals surface area (Å²) in [5, 5.41) is 11.1. The molecule has 8 nitrogen and oxygen atoms in total. The van der Waals surface area contributed by atoms with E-state index in [1.165, 1.54) is 6.92 Å². The first-order valence-corrected chi connectivity index (χ1v) is 9.26. The molecule has 1 N–H and O–H groups in total. The van der Waals surface area contributed by atoms with Crippen molar-refractivity contribution in [1.29, 1.82) is 0 Å². The van der Waals surface area contributed by atoms with E-state index in [1.54, 1.807) is 30.6 Å². The fourth-order valence-corrected chi connectivity index (χ4v) is 3.66. The van der Waals surface area contributed by atoms with Crippen LogP contribution in [0.15, 0.2) is 30.6 Å². The molecule has 2 saturated heterocycles. The number of amides is 2. The highest BCUT2D eigenvalue weighted by molar-refractivity contribution is 5.96. The second kappa shape index (κ2) is 7.48. The van der Waals surface area contributed by atoms with Crippen LogP contribution >= 0.6 is 0 Å². The van der Waals surface area contributed by atoms with Crippen LogP contribution in [0.4, 0.5) is 5.69 Å². The number of hydrogen-bond donors (Lipinski definition) is 1. The number of carbonyl (C=O) groups excluding carboxylic acids is 2. The quantitative estimate of drug-likeness (QED) is 0.888. The third-order valence-corrected chi connectivity index (χ3v) is 5.18. The molecule has 2 aliphatic rings. The van der Waals surface area contributed by atoms with Gasteiger partial charge >= 0.3 is 0 Å². The molecule has 3 heterocycles. The Morgan fingerprint density at radius 1 is 1.15 bits per heavy atom. The highest BCUT2D eigenvalue weighted by Gasteiger charge is 2.35. The van der Waals surface area contributed by atoms with Gasteiger partial charge in [0.2, 0.25) is 5.91 Å². The molecule has 0 saturated carbocycles. The standard InChI is InChI=1S/C19H23N5O3/c1-13(25)21-16-4-2-15(3-5-16)19(26)23-10-17(11-23)24-12-20-22-18(24)14-6-8-27-9-7-14/h2-5,12,14,17H,6-11H2,1H3,(H,21,25). The number of anilines is 1. The normalized spacial score (nSPS) is 18.2. The van der Waals surface area contributed by atoms with Crippen molar-refractivity contribution >= 4 is 17.5 Å². The van der Waals surface area contributed by atoms with Gasteiger partial charge in [0.05, 0.1) is 6.04 Å². The van der Waals surface area contributed by atoms with Crippen LogP contribution in [0.5, 0.6) is 0 Å². The van der Waals surface area contributed by atoms with E-state index in [-0.39, 0.29) is 17.9 Å². The van der Waals surface area contributed by atoms with E-state index in [0.717, 1.165) is 31.9 Å². The van der Waals surface area contributed by atoms with Crippen LogP contribution in [-0.4, -0.2) is 57.8 Å². The maximum absolute atomic E-state index is 12.6. The van der Waals surface area contributed by atoms with Crippen molar-refractivity contribution in [2.24, 2.45) is 0 Å². The number of hydrogen-bond acceptors (Lipinski definition) is 5. The van der Waals surface area contributed by atoms with Crippen molar-refractivity contribution in [3.05, 3.63) is 42.0 Å². The zero-order valence-corrected chi connectivity index (χ0v) is 15.3. The van der Waals surface area contributed by atoms with Gasteiger partial charge in [-0.15, -0.1) is 10.2 Å². The van der Waals surface area contributed by atoms with Crippen molar-refractivity contribution in [3.8, 4) is 0 Å². The Morgan fingerprint density at radius 3 is 2.52 bits per heavy atom. The Labute approximate surface area is 157 Å². The Kier molecular flexibility index (Phi) is 4.89. The Morgan fingerprint density at radius 2 is 1.85 bits per heavy atom. The van der Waals surface area contributed by atoms with Gasteiger partial charge in [0, 0.05) is 50.4 Å². The van der Waals surface area contributed by atoms with Crippen LogP contribution in [-0.2, 0) is 9.53 Å². The summed E-state index contributed by atoms with van der Waals surface area (Å²) in [5.74, 6) is 1.26. The molecule has 4 rings (SSSR count). The Hall–Kier alpha value is -2.74. The summed E-state index contributed by atoms with van der Waals surface area (Å²) in [7, 11) is 0. The average molecular weight is 369 g/mol. The van der Waals surface area contributed by atoms with Gasteiger partial charge in [0.25, 0.3) is 5.91 Å². The highest BCUT2D eigenvalue weighted by atomic mass is 16.5. The maximum atomic E-state index is 12.6. The minimum Gasteiger partial charge on any atom is -0.381 e. The lowest BCUT2D eigenvalue weighted by atomic mass is 9.98. The minimum absolute atomic E-state index is 0.00122. The van der Waals surface area contributed by atoms with Crippen molar-refractivity contribution in [2.45, 2.75) is 31.7 Å². The number of rotatable bonds is 4. The molecule has 2 aromatic rings. The Bertz CT molecular complexity index is 820. The third kappa shape index (κ3) is 3.71. The second-order valence-electron chi connectivity index (χ2n) is 7.11. The fourth-order valence-electron chi connectivity index (χ4n) is 3.66. The first kappa shape index (κ1) is 17.7. The summed E-state index contributed by atoms with van der Waals surface area (Å²) in [6.45, 7) is 4.29. The summed E-state index contributed by atoms with van der Waals surface area (Å²) in [5.41, 5.74) is 1.31. The topological polar surface area (TPSA) is 89.4 Å². The van der Waals surface area contributed by atoms with E-state index in [9.17, 15) is 9.59 Å². The van der Waals surface area contributed by atoms with Crippen LogP contribution in [0.2, 0.25) is 0 Å². The molecule has 0 radical (unpaired) electrons. The predicted octanol–water partition coefficient (Wildman–Crippen LogP) is 1.83. The molecular weight excluding hydrogens is 346 g/mol. The van der Waals surface area contributed by atoms with Crippen LogP contribution in [0, 0.1) is 0 Å². The number of carbonyl (C=O) groups is 2. The maximum Gasteiger partial charge on any atom is 0.253 e. The van der Waals surface area contributed by atoms with Gasteiger partial charge in [0.1, 0.15) is 12.2 Å². The molecule has 1 aromatic carbocycles. The molecule has 0 aliphatic carbocycles. The van der Waals surface area contributed by atoms with Gasteiger partial charge in [-0.3, -0.25) is 9.59 Å². The SMILES string of the molecule is CC(=O)Nc1ccc(C(=O)N2CC(n3cnnc3C3CCOCC3)C2)cc1. The van der Waals surface area contributed by atoms with E-state index in [2.05, 4.69) is 20.1 Å². The van der Waals surface area contributed by atoms with Crippen LogP contribution < -0.4 is 5.32 Å². The molecule has 2 fully saturated rings. The number of aromatic nitrogens is 3. The largest absolute Gasteiger partial charge is 0.381 e. The van der Waals surface area contributed by atoms with Crippen LogP contribution in [0.25, 0.3) is 0 Å². The molecule has 8 heteroatoms. The van der Waals surface area contributed by atoms with Gasteiger partial charge in [-0.05, 0) is 37.1 Å². The first-order chi connectivity index (χ1) is 13.1. The molecule has 0 unspecified atom stereocenters. The molecule has 1 aromatic heterocycles. The summed E-state index contributed by atoms with van der Waals surface area (Å²) >= 11 is 0. The summed E-state index contributed by atoms with van der Waals surface area (Å²) in [6.07, 6.45) is 3.71. The van der Waals surface area contributed by atoms with Gasteiger partial charge < -0.3 is 19.5 Å². The summed E-state index contributed by atoms with van der Waals surface area (Å²) < 4.78 is 7.56. The molecule has 142 valence electrons. The van der Waals surface area contributed by atoms with E-state index >= 15 is 0 Å². The first-order valence-electron chi connectivity index (χ1n) is 9.26. The van der Waals surface area contributed by atoms with Crippen molar-refractivity contribution in [1.82, 2.24) is 19.7 Å². The number of nitrogens with one attached hydrogen (secondary N) is 1. The summed E-state index contributed by atoms with van der Waals surface area (Å²) in [4.78, 5) is 25.5. The van der Waals surface area contributed by atoms with Crippen LogP contribution in [0.3, 0.4) is 0 Å².